The third-order valence-corrected chi connectivity index (χ3v) is 5.39. The summed E-state index contributed by atoms with van der Waals surface area (Å²) in [5.41, 5.74) is 1.21. The lowest BCUT2D eigenvalue weighted by Crippen LogP contribution is -2.55. The van der Waals surface area contributed by atoms with Gasteiger partial charge in [0.1, 0.15) is 5.01 Å². The van der Waals surface area contributed by atoms with Crippen molar-refractivity contribution in [2.75, 3.05) is 13.1 Å². The van der Waals surface area contributed by atoms with E-state index in [1.54, 1.807) is 0 Å². The summed E-state index contributed by atoms with van der Waals surface area (Å²) in [5.74, 6) is 0.944. The molecule has 0 bridgehead atoms. The van der Waals surface area contributed by atoms with Crippen LogP contribution in [0.4, 0.5) is 0 Å². The van der Waals surface area contributed by atoms with Crippen LogP contribution in [0.2, 0.25) is 0 Å². The van der Waals surface area contributed by atoms with Crippen molar-refractivity contribution in [3.63, 3.8) is 0 Å². The molecule has 100 valence electrons. The number of rotatable bonds is 3. The Morgan fingerprint density at radius 2 is 2.17 bits per heavy atom. The van der Waals surface area contributed by atoms with E-state index >= 15 is 0 Å². The van der Waals surface area contributed by atoms with Crippen molar-refractivity contribution < 1.29 is 0 Å². The van der Waals surface area contributed by atoms with Crippen molar-refractivity contribution >= 4 is 11.3 Å². The second-order valence-electron chi connectivity index (χ2n) is 5.88. The van der Waals surface area contributed by atoms with E-state index in [0.717, 1.165) is 25.0 Å². The van der Waals surface area contributed by atoms with Gasteiger partial charge in [0.15, 0.2) is 0 Å². The van der Waals surface area contributed by atoms with E-state index in [4.69, 9.17) is 0 Å². The van der Waals surface area contributed by atoms with Gasteiger partial charge in [-0.25, -0.2) is 4.98 Å². The molecule has 0 amide bonds. The van der Waals surface area contributed by atoms with Crippen molar-refractivity contribution in [3.8, 4) is 0 Å². The predicted octanol–water partition coefficient (Wildman–Crippen LogP) is 2.33. The molecule has 1 aliphatic carbocycles. The quantitative estimate of drug-likeness (QED) is 0.909. The Balaban J connectivity index is 1.65. The predicted molar refractivity (Wildman–Crippen MR) is 76.0 cm³/mol. The summed E-state index contributed by atoms with van der Waals surface area (Å²) < 4.78 is 0. The minimum atomic E-state index is 0.629. The number of piperazine rings is 1. The van der Waals surface area contributed by atoms with Crippen molar-refractivity contribution in [3.05, 3.63) is 15.6 Å². The molecule has 2 aliphatic rings. The van der Waals surface area contributed by atoms with Gasteiger partial charge in [0.25, 0.3) is 0 Å². The van der Waals surface area contributed by atoms with Crippen LogP contribution >= 0.6 is 11.3 Å². The molecule has 0 aromatic carbocycles. The molecule has 1 aliphatic heterocycles. The Morgan fingerprint density at radius 3 is 2.78 bits per heavy atom. The average molecular weight is 265 g/mol. The van der Waals surface area contributed by atoms with Gasteiger partial charge in [0.2, 0.25) is 0 Å². The Morgan fingerprint density at radius 1 is 1.39 bits per heavy atom. The van der Waals surface area contributed by atoms with Gasteiger partial charge in [0, 0.05) is 30.1 Å². The van der Waals surface area contributed by atoms with Crippen LogP contribution in [0, 0.1) is 19.8 Å². The number of aryl methyl sites for hydroxylation is 2. The molecule has 1 aromatic heterocycles. The van der Waals surface area contributed by atoms with Crippen LogP contribution < -0.4 is 5.32 Å². The Bertz CT molecular complexity index is 405. The SMILES string of the molecule is Cc1nc(CN2CC(C3CC3)NCC2C)sc1C. The van der Waals surface area contributed by atoms with E-state index < -0.39 is 0 Å². The van der Waals surface area contributed by atoms with Gasteiger partial charge >= 0.3 is 0 Å². The molecule has 2 fully saturated rings. The first-order chi connectivity index (χ1) is 8.63. The molecular formula is C14H23N3S. The van der Waals surface area contributed by atoms with Gasteiger partial charge in [-0.3, -0.25) is 4.90 Å². The molecule has 2 unspecified atom stereocenters. The van der Waals surface area contributed by atoms with Crippen LogP contribution in [-0.2, 0) is 6.54 Å². The minimum Gasteiger partial charge on any atom is -0.311 e. The fourth-order valence-corrected chi connectivity index (χ4v) is 3.72. The van der Waals surface area contributed by atoms with Gasteiger partial charge in [0.05, 0.1) is 12.2 Å². The first-order valence-corrected chi connectivity index (χ1v) is 7.85. The molecule has 3 rings (SSSR count). The molecule has 2 heterocycles. The lowest BCUT2D eigenvalue weighted by atomic mass is 10.1. The van der Waals surface area contributed by atoms with E-state index in [-0.39, 0.29) is 0 Å². The van der Waals surface area contributed by atoms with E-state index in [1.165, 1.54) is 35.0 Å². The fraction of sp³-hybridized carbons (Fsp3) is 0.786. The third kappa shape index (κ3) is 2.60. The van der Waals surface area contributed by atoms with Gasteiger partial charge in [-0.1, -0.05) is 0 Å². The topological polar surface area (TPSA) is 28.2 Å². The molecule has 0 radical (unpaired) electrons. The summed E-state index contributed by atoms with van der Waals surface area (Å²) in [7, 11) is 0. The van der Waals surface area contributed by atoms with Crippen LogP contribution in [0.15, 0.2) is 0 Å². The molecular weight excluding hydrogens is 242 g/mol. The maximum atomic E-state index is 4.68. The molecule has 0 spiro atoms. The number of hydrogen-bond donors (Lipinski definition) is 1. The summed E-state index contributed by atoms with van der Waals surface area (Å²) in [6, 6.07) is 1.35. The van der Waals surface area contributed by atoms with E-state index in [9.17, 15) is 0 Å². The normalized spacial score (nSPS) is 29.7. The molecule has 1 N–H and O–H groups in total. The zero-order valence-electron chi connectivity index (χ0n) is 11.6. The number of thiazole rings is 1. The van der Waals surface area contributed by atoms with Crippen LogP contribution in [0.3, 0.4) is 0 Å². The summed E-state index contributed by atoms with van der Waals surface area (Å²) in [4.78, 5) is 8.66. The summed E-state index contributed by atoms with van der Waals surface area (Å²) in [5, 5.41) is 4.99. The van der Waals surface area contributed by atoms with Gasteiger partial charge in [-0.05, 0) is 39.5 Å². The number of nitrogens with one attached hydrogen (secondary N) is 1. The summed E-state index contributed by atoms with van der Waals surface area (Å²) >= 11 is 1.86. The number of aromatic nitrogens is 1. The zero-order valence-corrected chi connectivity index (χ0v) is 12.4. The van der Waals surface area contributed by atoms with Gasteiger partial charge < -0.3 is 5.32 Å². The highest BCUT2D eigenvalue weighted by atomic mass is 32.1. The summed E-state index contributed by atoms with van der Waals surface area (Å²) in [6.07, 6.45) is 2.85. The molecule has 1 aromatic rings. The van der Waals surface area contributed by atoms with Crippen molar-refractivity contribution in [1.82, 2.24) is 15.2 Å². The first kappa shape index (κ1) is 12.6. The highest BCUT2D eigenvalue weighted by Crippen LogP contribution is 2.34. The van der Waals surface area contributed by atoms with Crippen LogP contribution in [0.5, 0.6) is 0 Å². The first-order valence-electron chi connectivity index (χ1n) is 7.04. The fourth-order valence-electron chi connectivity index (χ4n) is 2.76. The highest BCUT2D eigenvalue weighted by Gasteiger charge is 2.36. The standard InChI is InChI=1S/C14H23N3S/c1-9-6-15-13(12-4-5-12)7-17(9)8-14-16-10(2)11(3)18-14/h9,12-13,15H,4-8H2,1-3H3. The van der Waals surface area contributed by atoms with Crippen LogP contribution in [0.1, 0.15) is 35.3 Å². The zero-order chi connectivity index (χ0) is 12.7. The monoisotopic (exact) mass is 265 g/mol. The maximum Gasteiger partial charge on any atom is 0.107 e. The van der Waals surface area contributed by atoms with Crippen molar-refractivity contribution in [1.29, 1.82) is 0 Å². The number of nitrogens with zero attached hydrogens (tertiary/aromatic N) is 2. The second kappa shape index (κ2) is 4.91. The van der Waals surface area contributed by atoms with E-state index in [2.05, 4.69) is 36.0 Å². The maximum absolute atomic E-state index is 4.68. The van der Waals surface area contributed by atoms with E-state index in [1.807, 2.05) is 11.3 Å². The largest absolute Gasteiger partial charge is 0.311 e. The van der Waals surface area contributed by atoms with Gasteiger partial charge in [-0.2, -0.15) is 0 Å². The molecule has 3 nitrogen and oxygen atoms in total. The lowest BCUT2D eigenvalue weighted by molar-refractivity contribution is 0.125. The highest BCUT2D eigenvalue weighted by molar-refractivity contribution is 7.11. The average Bonchev–Trinajstić information content (AvgIpc) is 3.11. The minimum absolute atomic E-state index is 0.629. The molecule has 18 heavy (non-hydrogen) atoms. The van der Waals surface area contributed by atoms with Crippen molar-refractivity contribution in [2.24, 2.45) is 5.92 Å². The molecule has 1 saturated carbocycles. The molecule has 4 heteroatoms. The second-order valence-corrected chi connectivity index (χ2v) is 7.17. The smallest absolute Gasteiger partial charge is 0.107 e. The Kier molecular flexibility index (Phi) is 3.43. The third-order valence-electron chi connectivity index (χ3n) is 4.33. The Labute approximate surface area is 114 Å². The van der Waals surface area contributed by atoms with Crippen LogP contribution in [-0.4, -0.2) is 35.1 Å². The molecule has 1 saturated heterocycles. The summed E-state index contributed by atoms with van der Waals surface area (Å²) in [6.45, 7) is 9.97. The Hall–Kier alpha value is -0.450. The number of hydrogen-bond acceptors (Lipinski definition) is 4. The van der Waals surface area contributed by atoms with Gasteiger partial charge in [-0.15, -0.1) is 11.3 Å². The molecule has 2 atom stereocenters. The lowest BCUT2D eigenvalue weighted by Gasteiger charge is -2.38. The van der Waals surface area contributed by atoms with Crippen LogP contribution in [0.25, 0.3) is 0 Å². The van der Waals surface area contributed by atoms with E-state index in [0.29, 0.717) is 6.04 Å². The van der Waals surface area contributed by atoms with Crippen molar-refractivity contribution in [2.45, 2.75) is 52.2 Å².